The van der Waals surface area contributed by atoms with Crippen molar-refractivity contribution < 1.29 is 4.79 Å². The molecule has 0 spiro atoms. The molecule has 0 unspecified atom stereocenters. The third-order valence-electron chi connectivity index (χ3n) is 4.50. The Labute approximate surface area is 143 Å². The lowest BCUT2D eigenvalue weighted by Gasteiger charge is -2.30. The number of H-pyrrole nitrogens is 1. The van der Waals surface area contributed by atoms with E-state index in [0.29, 0.717) is 16.1 Å². The van der Waals surface area contributed by atoms with Gasteiger partial charge in [-0.25, -0.2) is 0 Å². The molecule has 124 valence electrons. The summed E-state index contributed by atoms with van der Waals surface area (Å²) in [6.45, 7) is 5.82. The van der Waals surface area contributed by atoms with E-state index in [9.17, 15) is 9.59 Å². The van der Waals surface area contributed by atoms with E-state index in [0.717, 1.165) is 42.1 Å². The maximum absolute atomic E-state index is 12.7. The summed E-state index contributed by atoms with van der Waals surface area (Å²) in [6.07, 6.45) is 2.93. The van der Waals surface area contributed by atoms with E-state index in [1.807, 2.05) is 11.0 Å². The summed E-state index contributed by atoms with van der Waals surface area (Å²) in [7, 11) is 0. The van der Waals surface area contributed by atoms with E-state index in [-0.39, 0.29) is 18.0 Å². The third kappa shape index (κ3) is 3.26. The average Bonchev–Trinajstić information content (AvgIpc) is 2.95. The number of hydrogen-bond acceptors (Lipinski definition) is 4. The van der Waals surface area contributed by atoms with Gasteiger partial charge in [-0.1, -0.05) is 13.8 Å². The number of nitrogens with zero attached hydrogens (tertiary/aromatic N) is 2. The van der Waals surface area contributed by atoms with Gasteiger partial charge < -0.3 is 9.88 Å². The molecule has 23 heavy (non-hydrogen) atoms. The molecule has 0 aliphatic carbocycles. The number of aromatic amines is 1. The quantitative estimate of drug-likeness (QED) is 0.865. The number of aryl methyl sites for hydroxylation is 1. The van der Waals surface area contributed by atoms with E-state index >= 15 is 0 Å². The van der Waals surface area contributed by atoms with E-state index in [1.165, 1.54) is 4.57 Å². The van der Waals surface area contributed by atoms with Crippen LogP contribution < -0.4 is 5.56 Å². The number of amides is 1. The van der Waals surface area contributed by atoms with Crippen molar-refractivity contribution in [3.8, 4) is 0 Å². The summed E-state index contributed by atoms with van der Waals surface area (Å²) in [5.74, 6) is 0.642. The zero-order valence-corrected chi connectivity index (χ0v) is 15.1. The molecule has 2 aromatic rings. The maximum Gasteiger partial charge on any atom is 0.263 e. The van der Waals surface area contributed by atoms with Crippen molar-refractivity contribution in [3.63, 3.8) is 0 Å². The van der Waals surface area contributed by atoms with Crippen molar-refractivity contribution in [2.75, 3.05) is 13.1 Å². The van der Waals surface area contributed by atoms with Gasteiger partial charge in [-0.05, 0) is 43.5 Å². The number of likely N-dealkylation sites (tertiary alicyclic amines) is 1. The minimum absolute atomic E-state index is 0.0236. The molecule has 0 saturated carbocycles. The first-order valence-electron chi connectivity index (χ1n) is 8.03. The van der Waals surface area contributed by atoms with Gasteiger partial charge in [0.25, 0.3) is 5.56 Å². The lowest BCUT2D eigenvalue weighted by Crippen LogP contribution is -2.41. The van der Waals surface area contributed by atoms with Gasteiger partial charge in [-0.15, -0.1) is 11.3 Å². The standard InChI is InChI=1S/C16H21N3O2S2/c1-3-11-8-12-14(23-11)17-16(22)19(15(12)21)9-13(20)18-6-4-10(2)5-7-18/h8,10H,3-7,9H2,1-2H3,(H,17,22). The van der Waals surface area contributed by atoms with Crippen LogP contribution in [-0.4, -0.2) is 33.4 Å². The van der Waals surface area contributed by atoms with Crippen LogP contribution in [-0.2, 0) is 17.8 Å². The van der Waals surface area contributed by atoms with Crippen molar-refractivity contribution in [1.29, 1.82) is 0 Å². The molecule has 0 atom stereocenters. The highest BCUT2D eigenvalue weighted by Crippen LogP contribution is 2.21. The van der Waals surface area contributed by atoms with Crippen LogP contribution in [0.15, 0.2) is 10.9 Å². The summed E-state index contributed by atoms with van der Waals surface area (Å²) in [6, 6.07) is 1.90. The van der Waals surface area contributed by atoms with Gasteiger partial charge in [-0.3, -0.25) is 14.2 Å². The van der Waals surface area contributed by atoms with Crippen LogP contribution in [0, 0.1) is 10.7 Å². The van der Waals surface area contributed by atoms with Gasteiger partial charge in [0.1, 0.15) is 11.4 Å². The fourth-order valence-corrected chi connectivity index (χ4v) is 4.21. The van der Waals surface area contributed by atoms with Crippen LogP contribution in [0.1, 0.15) is 31.6 Å². The molecule has 0 aromatic carbocycles. The largest absolute Gasteiger partial charge is 0.341 e. The van der Waals surface area contributed by atoms with Gasteiger partial charge in [0.2, 0.25) is 5.91 Å². The molecule has 5 nitrogen and oxygen atoms in total. The number of thiophene rings is 1. The first-order valence-corrected chi connectivity index (χ1v) is 9.25. The zero-order chi connectivity index (χ0) is 16.6. The summed E-state index contributed by atoms with van der Waals surface area (Å²) in [5.41, 5.74) is -0.168. The number of nitrogens with one attached hydrogen (secondary N) is 1. The molecule has 1 amide bonds. The van der Waals surface area contributed by atoms with Gasteiger partial charge in [-0.2, -0.15) is 0 Å². The maximum atomic E-state index is 12.7. The van der Waals surface area contributed by atoms with Crippen LogP contribution in [0.3, 0.4) is 0 Å². The molecule has 1 N–H and O–H groups in total. The number of fused-ring (bicyclic) bond motifs is 1. The molecule has 1 saturated heterocycles. The van der Waals surface area contributed by atoms with Crippen LogP contribution in [0.2, 0.25) is 0 Å². The Morgan fingerprint density at radius 1 is 1.43 bits per heavy atom. The minimum atomic E-state index is -0.168. The predicted octanol–water partition coefficient (Wildman–Crippen LogP) is 2.94. The Balaban J connectivity index is 1.89. The van der Waals surface area contributed by atoms with E-state index in [2.05, 4.69) is 18.8 Å². The highest BCUT2D eigenvalue weighted by Gasteiger charge is 2.21. The fraction of sp³-hybridized carbons (Fsp3) is 0.562. The van der Waals surface area contributed by atoms with Crippen LogP contribution in [0.4, 0.5) is 0 Å². The number of rotatable bonds is 3. The molecule has 2 aromatic heterocycles. The fourth-order valence-electron chi connectivity index (χ4n) is 2.91. The Morgan fingerprint density at radius 2 is 2.13 bits per heavy atom. The molecule has 1 fully saturated rings. The second kappa shape index (κ2) is 6.57. The van der Waals surface area contributed by atoms with E-state index in [1.54, 1.807) is 11.3 Å². The van der Waals surface area contributed by atoms with Crippen molar-refractivity contribution in [1.82, 2.24) is 14.5 Å². The number of carbonyl (C=O) groups excluding carboxylic acids is 1. The zero-order valence-electron chi connectivity index (χ0n) is 13.4. The van der Waals surface area contributed by atoms with Crippen molar-refractivity contribution >= 4 is 39.7 Å². The normalized spacial score (nSPS) is 16.2. The Morgan fingerprint density at radius 3 is 2.78 bits per heavy atom. The first-order chi connectivity index (χ1) is 11.0. The van der Waals surface area contributed by atoms with Gasteiger partial charge >= 0.3 is 0 Å². The van der Waals surface area contributed by atoms with Crippen molar-refractivity contribution in [2.24, 2.45) is 5.92 Å². The molecule has 3 rings (SSSR count). The predicted molar refractivity (Wildman–Crippen MR) is 95.6 cm³/mol. The smallest absolute Gasteiger partial charge is 0.263 e. The molecular weight excluding hydrogens is 330 g/mol. The van der Waals surface area contributed by atoms with E-state index < -0.39 is 0 Å². The Hall–Kier alpha value is -1.47. The first kappa shape index (κ1) is 16.4. The third-order valence-corrected chi connectivity index (χ3v) is 6.02. The number of hydrogen-bond donors (Lipinski definition) is 1. The summed E-state index contributed by atoms with van der Waals surface area (Å²) in [5, 5.41) is 0.625. The SMILES string of the molecule is CCc1cc2c(=O)n(CC(=O)N3CCC(C)CC3)c(=S)[nH]c2s1. The van der Waals surface area contributed by atoms with Crippen LogP contribution in [0.25, 0.3) is 10.2 Å². The minimum Gasteiger partial charge on any atom is -0.341 e. The number of piperidine rings is 1. The van der Waals surface area contributed by atoms with Gasteiger partial charge in [0.15, 0.2) is 4.77 Å². The second-order valence-corrected chi connectivity index (χ2v) is 7.72. The van der Waals surface area contributed by atoms with Gasteiger partial charge in [0.05, 0.1) is 5.39 Å². The summed E-state index contributed by atoms with van der Waals surface area (Å²) >= 11 is 6.84. The molecule has 1 aliphatic rings. The lowest BCUT2D eigenvalue weighted by atomic mass is 9.99. The molecule has 0 bridgehead atoms. The van der Waals surface area contributed by atoms with Crippen LogP contribution >= 0.6 is 23.6 Å². The lowest BCUT2D eigenvalue weighted by molar-refractivity contribution is -0.133. The molecule has 3 heterocycles. The van der Waals surface area contributed by atoms with Crippen molar-refractivity contribution in [3.05, 3.63) is 26.1 Å². The molecule has 1 aliphatic heterocycles. The van der Waals surface area contributed by atoms with Crippen LogP contribution in [0.5, 0.6) is 0 Å². The second-order valence-electron chi connectivity index (χ2n) is 6.19. The Kier molecular flexibility index (Phi) is 4.68. The van der Waals surface area contributed by atoms with Gasteiger partial charge in [0, 0.05) is 18.0 Å². The topological polar surface area (TPSA) is 58.1 Å². The van der Waals surface area contributed by atoms with Crippen molar-refractivity contribution in [2.45, 2.75) is 39.7 Å². The summed E-state index contributed by atoms with van der Waals surface area (Å²) < 4.78 is 1.72. The monoisotopic (exact) mass is 351 g/mol. The highest BCUT2D eigenvalue weighted by molar-refractivity contribution is 7.71. The molecular formula is C16H21N3O2S2. The highest BCUT2D eigenvalue weighted by atomic mass is 32.1. The number of carbonyl (C=O) groups is 1. The molecule has 0 radical (unpaired) electrons. The Bertz CT molecular complexity index is 841. The average molecular weight is 351 g/mol. The number of aromatic nitrogens is 2. The van der Waals surface area contributed by atoms with E-state index in [4.69, 9.17) is 12.2 Å². The summed E-state index contributed by atoms with van der Waals surface area (Å²) in [4.78, 5) is 32.0. The molecule has 7 heteroatoms.